The van der Waals surface area contributed by atoms with Crippen molar-refractivity contribution in [3.63, 3.8) is 0 Å². The monoisotopic (exact) mass is 480 g/mol. The summed E-state index contributed by atoms with van der Waals surface area (Å²) in [5.41, 5.74) is 1.66. The number of rotatable bonds is 7. The van der Waals surface area contributed by atoms with Crippen molar-refractivity contribution in [2.75, 3.05) is 20.2 Å². The van der Waals surface area contributed by atoms with Gasteiger partial charge < -0.3 is 10.1 Å². The second-order valence-corrected chi connectivity index (χ2v) is 9.97. The summed E-state index contributed by atoms with van der Waals surface area (Å²) in [5, 5.41) is 2.95. The molecule has 1 N–H and O–H groups in total. The van der Waals surface area contributed by atoms with Crippen LogP contribution in [0.2, 0.25) is 0 Å². The molecule has 0 atom stereocenters. The Kier molecular flexibility index (Phi) is 7.32. The minimum absolute atomic E-state index is 0.0306. The third-order valence-corrected chi connectivity index (χ3v) is 7.45. The van der Waals surface area contributed by atoms with Crippen molar-refractivity contribution >= 4 is 31.9 Å². The summed E-state index contributed by atoms with van der Waals surface area (Å²) in [5.74, 6) is 0.486. The highest BCUT2D eigenvalue weighted by Crippen LogP contribution is 2.23. The Labute approximate surface area is 180 Å². The van der Waals surface area contributed by atoms with Gasteiger partial charge in [-0.05, 0) is 36.6 Å². The minimum Gasteiger partial charge on any atom is -0.496 e. The molecule has 2 aromatic carbocycles. The summed E-state index contributed by atoms with van der Waals surface area (Å²) < 4.78 is 33.1. The van der Waals surface area contributed by atoms with Crippen LogP contribution in [-0.4, -0.2) is 38.8 Å². The van der Waals surface area contributed by atoms with E-state index in [0.717, 1.165) is 21.3 Å². The summed E-state index contributed by atoms with van der Waals surface area (Å²) in [6, 6.07) is 14.9. The molecule has 1 amide bonds. The van der Waals surface area contributed by atoms with Crippen molar-refractivity contribution in [2.45, 2.75) is 25.1 Å². The van der Waals surface area contributed by atoms with Gasteiger partial charge in [-0.2, -0.15) is 0 Å². The second kappa shape index (κ2) is 9.73. The zero-order chi connectivity index (χ0) is 20.9. The first-order valence-corrected chi connectivity index (χ1v) is 11.9. The van der Waals surface area contributed by atoms with Gasteiger partial charge in [-0.15, -0.1) is 0 Å². The van der Waals surface area contributed by atoms with E-state index >= 15 is 0 Å². The first-order chi connectivity index (χ1) is 13.9. The summed E-state index contributed by atoms with van der Waals surface area (Å²) in [7, 11) is -1.80. The van der Waals surface area contributed by atoms with Gasteiger partial charge in [-0.3, -0.25) is 4.79 Å². The standard InChI is InChI=1S/C21H25BrN2O4S/c1-28-20-8-3-2-6-18(20)14-23-21(25)17-9-11-24(12-10-17)29(26,27)15-16-5-4-7-19(22)13-16/h2-8,13,17H,9-12,14-15H2,1H3,(H,23,25). The number of amides is 1. The Bertz CT molecular complexity index is 957. The molecule has 1 heterocycles. The Morgan fingerprint density at radius 3 is 2.59 bits per heavy atom. The van der Waals surface area contributed by atoms with E-state index in [1.54, 1.807) is 13.2 Å². The van der Waals surface area contributed by atoms with Crippen LogP contribution in [0.15, 0.2) is 53.0 Å². The number of halogens is 1. The summed E-state index contributed by atoms with van der Waals surface area (Å²) >= 11 is 3.37. The number of hydrogen-bond acceptors (Lipinski definition) is 4. The molecule has 3 rings (SSSR count). The van der Waals surface area contributed by atoms with Gasteiger partial charge in [0.25, 0.3) is 0 Å². The van der Waals surface area contributed by atoms with E-state index in [0.29, 0.717) is 32.5 Å². The number of benzene rings is 2. The Balaban J connectivity index is 1.52. The van der Waals surface area contributed by atoms with E-state index in [1.807, 2.05) is 42.5 Å². The molecule has 8 heteroatoms. The fourth-order valence-corrected chi connectivity index (χ4v) is 5.50. The van der Waals surface area contributed by atoms with E-state index in [9.17, 15) is 13.2 Å². The average molecular weight is 481 g/mol. The van der Waals surface area contributed by atoms with Crippen molar-refractivity contribution in [3.8, 4) is 5.75 Å². The first kappa shape index (κ1) is 21.8. The van der Waals surface area contributed by atoms with Gasteiger partial charge in [0.05, 0.1) is 12.9 Å². The lowest BCUT2D eigenvalue weighted by Gasteiger charge is -2.30. The maximum Gasteiger partial charge on any atom is 0.223 e. The molecule has 0 aromatic heterocycles. The third kappa shape index (κ3) is 5.81. The van der Waals surface area contributed by atoms with Crippen LogP contribution in [-0.2, 0) is 27.1 Å². The van der Waals surface area contributed by atoms with E-state index in [2.05, 4.69) is 21.2 Å². The van der Waals surface area contributed by atoms with E-state index in [1.165, 1.54) is 4.31 Å². The molecule has 1 saturated heterocycles. The molecule has 1 aliphatic rings. The van der Waals surface area contributed by atoms with E-state index < -0.39 is 10.0 Å². The maximum absolute atomic E-state index is 12.7. The fourth-order valence-electron chi connectivity index (χ4n) is 3.50. The van der Waals surface area contributed by atoms with E-state index in [4.69, 9.17) is 4.74 Å². The van der Waals surface area contributed by atoms with Crippen molar-refractivity contribution in [1.29, 1.82) is 0 Å². The normalized spacial score (nSPS) is 15.8. The van der Waals surface area contributed by atoms with Gasteiger partial charge in [-0.25, -0.2) is 12.7 Å². The highest BCUT2D eigenvalue weighted by Gasteiger charge is 2.31. The van der Waals surface area contributed by atoms with Crippen molar-refractivity contribution in [1.82, 2.24) is 9.62 Å². The van der Waals surface area contributed by atoms with Gasteiger partial charge in [-0.1, -0.05) is 46.3 Å². The molecule has 0 unspecified atom stereocenters. The van der Waals surface area contributed by atoms with Crippen LogP contribution in [0.5, 0.6) is 5.75 Å². The lowest BCUT2D eigenvalue weighted by Crippen LogP contribution is -2.43. The minimum atomic E-state index is -3.40. The third-order valence-electron chi connectivity index (χ3n) is 5.10. The lowest BCUT2D eigenvalue weighted by atomic mass is 9.97. The van der Waals surface area contributed by atoms with Crippen molar-refractivity contribution in [3.05, 3.63) is 64.1 Å². The summed E-state index contributed by atoms with van der Waals surface area (Å²) in [4.78, 5) is 12.5. The van der Waals surface area contributed by atoms with Crippen LogP contribution in [0.25, 0.3) is 0 Å². The molecule has 0 radical (unpaired) electrons. The molecule has 0 spiro atoms. The summed E-state index contributed by atoms with van der Waals surface area (Å²) in [6.45, 7) is 1.12. The number of sulfonamides is 1. The number of nitrogens with one attached hydrogen (secondary N) is 1. The number of para-hydroxylation sites is 1. The maximum atomic E-state index is 12.7. The quantitative estimate of drug-likeness (QED) is 0.659. The van der Waals surface area contributed by atoms with Crippen molar-refractivity contribution in [2.24, 2.45) is 5.92 Å². The molecule has 1 aliphatic heterocycles. The number of methoxy groups -OCH3 is 1. The average Bonchev–Trinajstić information content (AvgIpc) is 2.72. The first-order valence-electron chi connectivity index (χ1n) is 9.51. The number of piperidine rings is 1. The molecule has 0 bridgehead atoms. The smallest absolute Gasteiger partial charge is 0.223 e. The zero-order valence-electron chi connectivity index (χ0n) is 16.3. The van der Waals surface area contributed by atoms with Crippen LogP contribution in [0, 0.1) is 5.92 Å². The topological polar surface area (TPSA) is 75.7 Å². The van der Waals surface area contributed by atoms with Gasteiger partial charge >= 0.3 is 0 Å². The molecule has 6 nitrogen and oxygen atoms in total. The molecule has 2 aromatic rings. The van der Waals surface area contributed by atoms with Gasteiger partial charge in [0.15, 0.2) is 0 Å². The van der Waals surface area contributed by atoms with Gasteiger partial charge in [0, 0.05) is 35.6 Å². The molecule has 0 aliphatic carbocycles. The van der Waals surface area contributed by atoms with Gasteiger partial charge in [0.2, 0.25) is 15.9 Å². The highest BCUT2D eigenvalue weighted by molar-refractivity contribution is 9.10. The number of carbonyl (C=O) groups is 1. The second-order valence-electron chi connectivity index (χ2n) is 7.09. The van der Waals surface area contributed by atoms with Crippen molar-refractivity contribution < 1.29 is 17.9 Å². The van der Waals surface area contributed by atoms with E-state index in [-0.39, 0.29) is 17.6 Å². The van der Waals surface area contributed by atoms with Crippen LogP contribution < -0.4 is 10.1 Å². The predicted octanol–water partition coefficient (Wildman–Crippen LogP) is 3.32. The largest absolute Gasteiger partial charge is 0.496 e. The fraction of sp³-hybridized carbons (Fsp3) is 0.381. The molecular weight excluding hydrogens is 456 g/mol. The molecule has 156 valence electrons. The summed E-state index contributed by atoms with van der Waals surface area (Å²) in [6.07, 6.45) is 1.05. The lowest BCUT2D eigenvalue weighted by molar-refractivity contribution is -0.126. The predicted molar refractivity (Wildman–Crippen MR) is 116 cm³/mol. The molecule has 29 heavy (non-hydrogen) atoms. The Hall–Kier alpha value is -1.90. The highest BCUT2D eigenvalue weighted by atomic mass is 79.9. The van der Waals surface area contributed by atoms with Crippen LogP contribution in [0.4, 0.5) is 0 Å². The number of carbonyl (C=O) groups excluding carboxylic acids is 1. The Morgan fingerprint density at radius 2 is 1.90 bits per heavy atom. The number of ether oxygens (including phenoxy) is 1. The number of hydrogen-bond donors (Lipinski definition) is 1. The van der Waals surface area contributed by atoms with Crippen LogP contribution in [0.1, 0.15) is 24.0 Å². The van der Waals surface area contributed by atoms with Gasteiger partial charge in [0.1, 0.15) is 5.75 Å². The molecule has 0 saturated carbocycles. The molecular formula is C21H25BrN2O4S. The molecule has 1 fully saturated rings. The van der Waals surface area contributed by atoms with Crippen LogP contribution >= 0.6 is 15.9 Å². The number of nitrogens with zero attached hydrogens (tertiary/aromatic N) is 1. The van der Waals surface area contributed by atoms with Crippen LogP contribution in [0.3, 0.4) is 0 Å². The SMILES string of the molecule is COc1ccccc1CNC(=O)C1CCN(S(=O)(=O)Cc2cccc(Br)c2)CC1. The Morgan fingerprint density at radius 1 is 1.17 bits per heavy atom. The zero-order valence-corrected chi connectivity index (χ0v) is 18.7.